The second-order valence-electron chi connectivity index (χ2n) is 2.92. The van der Waals surface area contributed by atoms with Crippen LogP contribution in [0.15, 0.2) is 23.8 Å². The van der Waals surface area contributed by atoms with Crippen molar-refractivity contribution in [1.82, 2.24) is 0 Å². The van der Waals surface area contributed by atoms with E-state index in [4.69, 9.17) is 0 Å². The minimum absolute atomic E-state index is 1.13. The van der Waals surface area contributed by atoms with Crippen molar-refractivity contribution in [3.63, 3.8) is 0 Å². The highest BCUT2D eigenvalue weighted by Gasteiger charge is 1.96. The van der Waals surface area contributed by atoms with E-state index < -0.39 is 0 Å². The molecule has 0 N–H and O–H groups in total. The number of allylic oxidation sites excluding steroid dienone is 3. The summed E-state index contributed by atoms with van der Waals surface area (Å²) >= 11 is 0. The Balaban J connectivity index is 4.02. The Kier molecular flexibility index (Phi) is 5.91. The molecule has 0 heteroatoms. The van der Waals surface area contributed by atoms with E-state index in [1.165, 1.54) is 19.3 Å². The van der Waals surface area contributed by atoms with Gasteiger partial charge in [-0.05, 0) is 32.6 Å². The second-order valence-corrected chi connectivity index (χ2v) is 2.92. The molecule has 0 spiro atoms. The number of rotatable bonds is 5. The summed E-state index contributed by atoms with van der Waals surface area (Å²) in [5.74, 6) is 0. The average molecular weight is 152 g/mol. The molecule has 0 rings (SSSR count). The quantitative estimate of drug-likeness (QED) is 0.520. The van der Waals surface area contributed by atoms with Crippen LogP contribution in [0.4, 0.5) is 0 Å². The van der Waals surface area contributed by atoms with Gasteiger partial charge >= 0.3 is 0 Å². The summed E-state index contributed by atoms with van der Waals surface area (Å²) in [6, 6.07) is 0. The Bertz CT molecular complexity index is 140. The third-order valence-electron chi connectivity index (χ3n) is 2.21. The van der Waals surface area contributed by atoms with Gasteiger partial charge in [0.05, 0.1) is 0 Å². The molecule has 0 radical (unpaired) electrons. The lowest BCUT2D eigenvalue weighted by molar-refractivity contribution is 0.865. The summed E-state index contributed by atoms with van der Waals surface area (Å²) in [6.45, 7) is 10.4. The third-order valence-corrected chi connectivity index (χ3v) is 2.21. The minimum Gasteiger partial charge on any atom is -0.103 e. The molecule has 0 nitrogen and oxygen atoms in total. The van der Waals surface area contributed by atoms with Gasteiger partial charge in [0.2, 0.25) is 0 Å². The molecule has 0 saturated heterocycles. The highest BCUT2D eigenvalue weighted by atomic mass is 14.0. The molecular weight excluding hydrogens is 132 g/mol. The van der Waals surface area contributed by atoms with E-state index in [2.05, 4.69) is 27.4 Å². The van der Waals surface area contributed by atoms with Crippen molar-refractivity contribution in [2.24, 2.45) is 0 Å². The van der Waals surface area contributed by atoms with Crippen molar-refractivity contribution in [3.05, 3.63) is 23.8 Å². The van der Waals surface area contributed by atoms with Crippen LogP contribution < -0.4 is 0 Å². The van der Waals surface area contributed by atoms with Crippen LogP contribution >= 0.6 is 0 Å². The molecule has 0 saturated carbocycles. The van der Waals surface area contributed by atoms with Crippen molar-refractivity contribution < 1.29 is 0 Å². The summed E-state index contributed by atoms with van der Waals surface area (Å²) in [5.41, 5.74) is 3.18. The largest absolute Gasteiger partial charge is 0.103 e. The van der Waals surface area contributed by atoms with Gasteiger partial charge in [-0.25, -0.2) is 0 Å². The molecule has 0 bridgehead atoms. The lowest BCUT2D eigenvalue weighted by Crippen LogP contribution is -1.86. The Labute approximate surface area is 71.0 Å². The maximum atomic E-state index is 3.73. The monoisotopic (exact) mass is 152 g/mol. The molecule has 0 amide bonds. The van der Waals surface area contributed by atoms with Gasteiger partial charge in [-0.2, -0.15) is 0 Å². The van der Waals surface area contributed by atoms with Gasteiger partial charge < -0.3 is 0 Å². The summed E-state index contributed by atoms with van der Waals surface area (Å²) in [6.07, 6.45) is 6.73. The Morgan fingerprint density at radius 2 is 1.91 bits per heavy atom. The van der Waals surface area contributed by atoms with Gasteiger partial charge in [-0.15, -0.1) is 6.58 Å². The topological polar surface area (TPSA) is 0 Å². The molecule has 0 aliphatic rings. The molecule has 0 aliphatic carbocycles. The van der Waals surface area contributed by atoms with Crippen LogP contribution in [0.1, 0.15) is 46.5 Å². The van der Waals surface area contributed by atoms with E-state index in [-0.39, 0.29) is 0 Å². The van der Waals surface area contributed by atoms with Gasteiger partial charge in [0, 0.05) is 0 Å². The summed E-state index contributed by atoms with van der Waals surface area (Å²) in [5, 5.41) is 0. The van der Waals surface area contributed by atoms with Crippen molar-refractivity contribution in [2.45, 2.75) is 46.5 Å². The maximum absolute atomic E-state index is 3.73. The van der Waals surface area contributed by atoms with Crippen LogP contribution in [0.25, 0.3) is 0 Å². The first-order valence-corrected chi connectivity index (χ1v) is 4.54. The molecule has 11 heavy (non-hydrogen) atoms. The van der Waals surface area contributed by atoms with Crippen LogP contribution in [0, 0.1) is 0 Å². The van der Waals surface area contributed by atoms with Crippen LogP contribution in [-0.4, -0.2) is 0 Å². The van der Waals surface area contributed by atoms with Gasteiger partial charge in [-0.1, -0.05) is 31.1 Å². The number of hydrogen-bond acceptors (Lipinski definition) is 0. The zero-order valence-corrected chi connectivity index (χ0v) is 8.11. The average Bonchev–Trinajstić information content (AvgIpc) is 2.05. The van der Waals surface area contributed by atoms with E-state index in [0.717, 1.165) is 6.42 Å². The Hall–Kier alpha value is -0.520. The fraction of sp³-hybridized carbons (Fsp3) is 0.636. The third kappa shape index (κ3) is 4.02. The second kappa shape index (κ2) is 6.21. The highest BCUT2D eigenvalue weighted by molar-refractivity contribution is 5.11. The van der Waals surface area contributed by atoms with Crippen LogP contribution in [0.2, 0.25) is 0 Å². The van der Waals surface area contributed by atoms with Crippen molar-refractivity contribution in [3.8, 4) is 0 Å². The predicted octanol–water partition coefficient (Wildman–Crippen LogP) is 4.09. The van der Waals surface area contributed by atoms with Gasteiger partial charge in [0.1, 0.15) is 0 Å². The van der Waals surface area contributed by atoms with Crippen LogP contribution in [0.3, 0.4) is 0 Å². The first-order valence-electron chi connectivity index (χ1n) is 4.54. The van der Waals surface area contributed by atoms with E-state index in [1.807, 2.05) is 6.08 Å². The molecule has 0 fully saturated rings. The molecule has 0 heterocycles. The normalized spacial score (nSPS) is 12.6. The molecule has 0 aliphatic heterocycles. The summed E-state index contributed by atoms with van der Waals surface area (Å²) in [4.78, 5) is 0. The first kappa shape index (κ1) is 10.5. The molecule has 0 aromatic carbocycles. The highest BCUT2D eigenvalue weighted by Crippen LogP contribution is 2.16. The zero-order valence-electron chi connectivity index (χ0n) is 8.11. The zero-order chi connectivity index (χ0) is 8.69. The van der Waals surface area contributed by atoms with Crippen molar-refractivity contribution in [1.29, 1.82) is 0 Å². The number of hydrogen-bond donors (Lipinski definition) is 0. The summed E-state index contributed by atoms with van der Waals surface area (Å²) in [7, 11) is 0. The molecule has 0 aromatic rings. The molecule has 0 aromatic heterocycles. The Morgan fingerprint density at radius 1 is 1.27 bits per heavy atom. The van der Waals surface area contributed by atoms with E-state index in [9.17, 15) is 0 Å². The fourth-order valence-corrected chi connectivity index (χ4v) is 1.22. The predicted molar refractivity (Wildman–Crippen MR) is 52.7 cm³/mol. The molecule has 0 atom stereocenters. The lowest BCUT2D eigenvalue weighted by Gasteiger charge is -2.06. The first-order chi connectivity index (χ1) is 5.26. The van der Waals surface area contributed by atoms with E-state index in [0.29, 0.717) is 0 Å². The molecule has 0 unspecified atom stereocenters. The molecular formula is C11H20. The van der Waals surface area contributed by atoms with E-state index >= 15 is 0 Å². The SMILES string of the molecule is C=CCC/C(CC)=C(/C)CC. The van der Waals surface area contributed by atoms with Crippen LogP contribution in [0.5, 0.6) is 0 Å². The minimum atomic E-state index is 1.13. The van der Waals surface area contributed by atoms with Gasteiger partial charge in [-0.3, -0.25) is 0 Å². The maximum Gasteiger partial charge on any atom is -0.0283 e. The smallest absolute Gasteiger partial charge is 0.0283 e. The van der Waals surface area contributed by atoms with Gasteiger partial charge in [0.25, 0.3) is 0 Å². The van der Waals surface area contributed by atoms with Gasteiger partial charge in [0.15, 0.2) is 0 Å². The van der Waals surface area contributed by atoms with Crippen molar-refractivity contribution in [2.75, 3.05) is 0 Å². The lowest BCUT2D eigenvalue weighted by atomic mass is 10.0. The van der Waals surface area contributed by atoms with E-state index in [1.54, 1.807) is 11.1 Å². The summed E-state index contributed by atoms with van der Waals surface area (Å²) < 4.78 is 0. The van der Waals surface area contributed by atoms with Crippen LogP contribution in [-0.2, 0) is 0 Å². The van der Waals surface area contributed by atoms with Crippen molar-refractivity contribution >= 4 is 0 Å². The standard InChI is InChI=1S/C11H20/c1-5-8-9-11(7-3)10(4)6-2/h5H,1,6-9H2,2-4H3/b11-10-. The molecule has 64 valence electrons. The Morgan fingerprint density at radius 3 is 2.27 bits per heavy atom. The fourth-order valence-electron chi connectivity index (χ4n) is 1.22.